The summed E-state index contributed by atoms with van der Waals surface area (Å²) in [6.07, 6.45) is 10.6. The Hall–Kier alpha value is -1.67. The van der Waals surface area contributed by atoms with Crippen molar-refractivity contribution in [2.45, 2.75) is 75.8 Å². The Labute approximate surface area is 190 Å². The maximum atomic E-state index is 12.8. The topological polar surface area (TPSA) is 63.4 Å². The number of aromatic nitrogens is 4. The molecule has 164 valence electrons. The average molecular weight is 456 g/mol. The van der Waals surface area contributed by atoms with Gasteiger partial charge in [0.25, 0.3) is 0 Å². The minimum Gasteiger partial charge on any atom is -0.342 e. The van der Waals surface area contributed by atoms with Crippen LogP contribution in [-0.2, 0) is 17.6 Å². The van der Waals surface area contributed by atoms with Gasteiger partial charge in [-0.15, -0.1) is 21.5 Å². The lowest BCUT2D eigenvalue weighted by Gasteiger charge is -2.19. The Kier molecular flexibility index (Phi) is 5.17. The third-order valence-electron chi connectivity index (χ3n) is 7.02. The largest absolute Gasteiger partial charge is 0.342 e. The number of hydrogen-bond acceptors (Lipinski definition) is 6. The molecule has 3 aromatic heterocycles. The summed E-state index contributed by atoms with van der Waals surface area (Å²) < 4.78 is 2.19. The van der Waals surface area contributed by atoms with E-state index in [1.54, 1.807) is 0 Å². The summed E-state index contributed by atoms with van der Waals surface area (Å²) in [6.45, 7) is 4.14. The van der Waals surface area contributed by atoms with Gasteiger partial charge in [-0.05, 0) is 56.4 Å². The fourth-order valence-corrected chi connectivity index (χ4v) is 7.31. The van der Waals surface area contributed by atoms with E-state index in [-0.39, 0.29) is 5.91 Å². The molecule has 0 aromatic carbocycles. The number of thiophene rings is 1. The van der Waals surface area contributed by atoms with E-state index in [4.69, 9.17) is 4.98 Å². The highest BCUT2D eigenvalue weighted by Crippen LogP contribution is 2.44. The fraction of sp³-hybridized carbons (Fsp3) is 0.652. The standard InChI is InChI=1S/C23H29N5OS2/c1-14-6-9-16-17(12-14)31-22-19(16)21-25-26-23(28(21)20(24-22)15-7-8-15)30-13-18(29)27-10-4-2-3-5-11-27/h14-15H,2-13H2,1H3. The van der Waals surface area contributed by atoms with Crippen LogP contribution in [0.5, 0.6) is 0 Å². The first-order valence-electron chi connectivity index (χ1n) is 11.8. The van der Waals surface area contributed by atoms with Crippen LogP contribution in [0.1, 0.15) is 74.1 Å². The second-order valence-electron chi connectivity index (χ2n) is 9.50. The average Bonchev–Trinajstić information content (AvgIpc) is 3.50. The molecule has 8 heteroatoms. The quantitative estimate of drug-likeness (QED) is 0.527. The minimum absolute atomic E-state index is 0.229. The molecule has 4 heterocycles. The van der Waals surface area contributed by atoms with Crippen LogP contribution in [0.2, 0.25) is 0 Å². The van der Waals surface area contributed by atoms with Crippen molar-refractivity contribution in [2.24, 2.45) is 5.92 Å². The molecule has 6 rings (SSSR count). The van der Waals surface area contributed by atoms with Gasteiger partial charge in [-0.1, -0.05) is 31.5 Å². The van der Waals surface area contributed by atoms with E-state index >= 15 is 0 Å². The van der Waals surface area contributed by atoms with Crippen molar-refractivity contribution in [1.29, 1.82) is 0 Å². The van der Waals surface area contributed by atoms with Crippen molar-refractivity contribution in [1.82, 2.24) is 24.5 Å². The van der Waals surface area contributed by atoms with Crippen molar-refractivity contribution in [3.8, 4) is 0 Å². The van der Waals surface area contributed by atoms with Crippen LogP contribution < -0.4 is 0 Å². The van der Waals surface area contributed by atoms with E-state index in [1.165, 1.54) is 59.7 Å². The number of nitrogens with zero attached hydrogens (tertiary/aromatic N) is 5. The Morgan fingerprint density at radius 3 is 2.71 bits per heavy atom. The first-order chi connectivity index (χ1) is 15.2. The molecular weight excluding hydrogens is 426 g/mol. The predicted octanol–water partition coefficient (Wildman–Crippen LogP) is 4.84. The van der Waals surface area contributed by atoms with Crippen LogP contribution in [0.25, 0.3) is 15.9 Å². The lowest BCUT2D eigenvalue weighted by molar-refractivity contribution is -0.128. The van der Waals surface area contributed by atoms with Gasteiger partial charge in [0, 0.05) is 23.9 Å². The highest BCUT2D eigenvalue weighted by Gasteiger charge is 2.32. The molecule has 2 aliphatic carbocycles. The molecule has 1 amide bonds. The number of hydrogen-bond donors (Lipinski definition) is 0. The zero-order valence-corrected chi connectivity index (χ0v) is 19.7. The summed E-state index contributed by atoms with van der Waals surface area (Å²) in [4.78, 5) is 22.7. The Morgan fingerprint density at radius 2 is 1.94 bits per heavy atom. The second-order valence-corrected chi connectivity index (χ2v) is 11.5. The second kappa shape index (κ2) is 8.03. The summed E-state index contributed by atoms with van der Waals surface area (Å²) in [7, 11) is 0. The smallest absolute Gasteiger partial charge is 0.233 e. The molecule has 31 heavy (non-hydrogen) atoms. The maximum Gasteiger partial charge on any atom is 0.233 e. The number of fused-ring (bicyclic) bond motifs is 5. The van der Waals surface area contributed by atoms with Gasteiger partial charge in [-0.25, -0.2) is 4.98 Å². The maximum absolute atomic E-state index is 12.8. The van der Waals surface area contributed by atoms with Crippen molar-refractivity contribution in [2.75, 3.05) is 18.8 Å². The Bertz CT molecular complexity index is 1140. The Morgan fingerprint density at radius 1 is 1.13 bits per heavy atom. The van der Waals surface area contributed by atoms with E-state index in [1.807, 2.05) is 16.2 Å². The van der Waals surface area contributed by atoms with Crippen molar-refractivity contribution >= 4 is 44.9 Å². The highest BCUT2D eigenvalue weighted by atomic mass is 32.2. The lowest BCUT2D eigenvalue weighted by Crippen LogP contribution is -2.33. The highest BCUT2D eigenvalue weighted by molar-refractivity contribution is 7.99. The third-order valence-corrected chi connectivity index (χ3v) is 9.08. The van der Waals surface area contributed by atoms with Gasteiger partial charge >= 0.3 is 0 Å². The van der Waals surface area contributed by atoms with E-state index in [9.17, 15) is 4.79 Å². The molecule has 3 aliphatic rings. The molecule has 1 unspecified atom stereocenters. The normalized spacial score (nSPS) is 22.1. The fourth-order valence-electron chi connectivity index (χ4n) is 5.08. The SMILES string of the molecule is CC1CCc2c(sc3nc(C4CC4)n4c(SCC(=O)N5CCCCCC5)nnc4c23)C1. The molecule has 1 aliphatic heterocycles. The summed E-state index contributed by atoms with van der Waals surface area (Å²) >= 11 is 3.40. The van der Waals surface area contributed by atoms with Crippen LogP contribution in [0.15, 0.2) is 5.16 Å². The molecule has 0 spiro atoms. The monoisotopic (exact) mass is 455 g/mol. The van der Waals surface area contributed by atoms with Crippen molar-refractivity contribution in [3.05, 3.63) is 16.3 Å². The van der Waals surface area contributed by atoms with E-state index in [0.29, 0.717) is 11.7 Å². The number of carbonyl (C=O) groups excluding carboxylic acids is 1. The van der Waals surface area contributed by atoms with Gasteiger partial charge in [-0.3, -0.25) is 9.20 Å². The van der Waals surface area contributed by atoms with Gasteiger partial charge in [-0.2, -0.15) is 0 Å². The summed E-state index contributed by atoms with van der Waals surface area (Å²) in [6, 6.07) is 0. The van der Waals surface area contributed by atoms with E-state index in [0.717, 1.165) is 66.1 Å². The van der Waals surface area contributed by atoms with Gasteiger partial charge in [0.2, 0.25) is 5.91 Å². The number of rotatable bonds is 4. The van der Waals surface area contributed by atoms with Crippen LogP contribution >= 0.6 is 23.1 Å². The van der Waals surface area contributed by atoms with E-state index in [2.05, 4.69) is 21.5 Å². The molecular formula is C23H29N5OS2. The summed E-state index contributed by atoms with van der Waals surface area (Å²) in [5, 5.41) is 11.3. The van der Waals surface area contributed by atoms with Crippen molar-refractivity contribution < 1.29 is 4.79 Å². The first kappa shape index (κ1) is 20.0. The van der Waals surface area contributed by atoms with E-state index < -0.39 is 0 Å². The zero-order valence-electron chi connectivity index (χ0n) is 18.1. The number of amides is 1. The number of likely N-dealkylation sites (tertiary alicyclic amines) is 1. The number of thioether (sulfide) groups is 1. The molecule has 3 aromatic rings. The van der Waals surface area contributed by atoms with Crippen LogP contribution in [0, 0.1) is 5.92 Å². The molecule has 6 nitrogen and oxygen atoms in total. The van der Waals surface area contributed by atoms with Gasteiger partial charge in [0.1, 0.15) is 10.7 Å². The molecule has 1 saturated carbocycles. The number of aryl methyl sites for hydroxylation is 1. The van der Waals surface area contributed by atoms with Crippen LogP contribution in [0.4, 0.5) is 0 Å². The Balaban J connectivity index is 1.36. The van der Waals surface area contributed by atoms with Crippen molar-refractivity contribution in [3.63, 3.8) is 0 Å². The molecule has 2 fully saturated rings. The summed E-state index contributed by atoms with van der Waals surface area (Å²) in [5.41, 5.74) is 2.41. The third kappa shape index (κ3) is 3.65. The van der Waals surface area contributed by atoms with Gasteiger partial charge < -0.3 is 4.90 Å². The number of carbonyl (C=O) groups is 1. The first-order valence-corrected chi connectivity index (χ1v) is 13.6. The molecule has 0 N–H and O–H groups in total. The van der Waals surface area contributed by atoms with Crippen LogP contribution in [-0.4, -0.2) is 49.2 Å². The van der Waals surface area contributed by atoms with Gasteiger partial charge in [0.05, 0.1) is 11.1 Å². The van der Waals surface area contributed by atoms with Crippen LogP contribution in [0.3, 0.4) is 0 Å². The summed E-state index contributed by atoms with van der Waals surface area (Å²) in [5.74, 6) is 3.01. The van der Waals surface area contributed by atoms with Gasteiger partial charge in [0.15, 0.2) is 10.8 Å². The minimum atomic E-state index is 0.229. The molecule has 0 bridgehead atoms. The predicted molar refractivity (Wildman–Crippen MR) is 125 cm³/mol. The molecule has 1 atom stereocenters. The molecule has 0 radical (unpaired) electrons. The molecule has 1 saturated heterocycles. The zero-order chi connectivity index (χ0) is 20.9. The lowest BCUT2D eigenvalue weighted by atomic mass is 9.89.